The Hall–Kier alpha value is -1.39. The number of rotatable bonds is 8. The maximum Gasteiger partial charge on any atom is 0.252 e. The first-order valence-corrected chi connectivity index (χ1v) is 7.31. The summed E-state index contributed by atoms with van der Waals surface area (Å²) in [7, 11) is -4.15. The summed E-state index contributed by atoms with van der Waals surface area (Å²) >= 11 is 0. The summed E-state index contributed by atoms with van der Waals surface area (Å²) < 4.78 is 49.5. The zero-order chi connectivity index (χ0) is 15.2. The molecule has 1 rings (SSSR count). The molecule has 10 heteroatoms. The predicted octanol–water partition coefficient (Wildman–Crippen LogP) is 0.156. The number of nitrogens with one attached hydrogen (secondary N) is 1. The number of alkyl halides is 2. The Morgan fingerprint density at radius 1 is 1.40 bits per heavy atom. The van der Waals surface area contributed by atoms with Gasteiger partial charge in [-0.15, -0.1) is 0 Å². The van der Waals surface area contributed by atoms with Crippen molar-refractivity contribution in [2.24, 2.45) is 0 Å². The van der Waals surface area contributed by atoms with E-state index < -0.39 is 36.1 Å². The van der Waals surface area contributed by atoms with Gasteiger partial charge in [-0.1, -0.05) is 0 Å². The molecule has 0 spiro atoms. The van der Waals surface area contributed by atoms with E-state index in [-0.39, 0.29) is 10.8 Å². The Labute approximate surface area is 115 Å². The lowest BCUT2D eigenvalue weighted by Crippen LogP contribution is -2.37. The number of halogens is 2. The van der Waals surface area contributed by atoms with Gasteiger partial charge >= 0.3 is 0 Å². The average Bonchev–Trinajstić information content (AvgIpc) is 2.39. The van der Waals surface area contributed by atoms with E-state index in [9.17, 15) is 17.2 Å². The molecule has 0 bridgehead atoms. The van der Waals surface area contributed by atoms with Crippen molar-refractivity contribution in [3.8, 4) is 0 Å². The fourth-order valence-corrected chi connectivity index (χ4v) is 2.72. The predicted molar refractivity (Wildman–Crippen MR) is 68.0 cm³/mol. The van der Waals surface area contributed by atoms with Crippen molar-refractivity contribution in [2.75, 3.05) is 31.6 Å². The summed E-state index contributed by atoms with van der Waals surface area (Å²) in [6, 6.07) is 0. The average molecular weight is 310 g/mol. The topological polar surface area (TPSA) is 95.4 Å². The van der Waals surface area contributed by atoms with E-state index >= 15 is 0 Å². The molecule has 0 saturated heterocycles. The van der Waals surface area contributed by atoms with Gasteiger partial charge in [0.25, 0.3) is 6.43 Å². The molecular formula is C10H16F2N4O3S. The molecule has 0 aliphatic carbocycles. The van der Waals surface area contributed by atoms with Crippen LogP contribution in [0.1, 0.15) is 6.92 Å². The highest BCUT2D eigenvalue weighted by molar-refractivity contribution is 7.89. The van der Waals surface area contributed by atoms with E-state index in [1.54, 1.807) is 0 Å². The number of sulfonamides is 1. The molecule has 0 saturated carbocycles. The third-order valence-corrected chi connectivity index (χ3v) is 4.11. The van der Waals surface area contributed by atoms with Crippen molar-refractivity contribution >= 4 is 16.0 Å². The van der Waals surface area contributed by atoms with Gasteiger partial charge in [0, 0.05) is 13.1 Å². The Kier molecular flexibility index (Phi) is 6.17. The van der Waals surface area contributed by atoms with Crippen molar-refractivity contribution in [1.29, 1.82) is 0 Å². The molecule has 0 unspecified atom stereocenters. The number of aromatic nitrogens is 2. The molecule has 0 fully saturated rings. The smallest absolute Gasteiger partial charge is 0.252 e. The number of hydrogen-bond donors (Lipinski definition) is 2. The Morgan fingerprint density at radius 3 is 2.45 bits per heavy atom. The fourth-order valence-electron chi connectivity index (χ4n) is 1.42. The second-order valence-electron chi connectivity index (χ2n) is 3.75. The second-order valence-corrected chi connectivity index (χ2v) is 5.69. The van der Waals surface area contributed by atoms with Crippen LogP contribution >= 0.6 is 0 Å². The van der Waals surface area contributed by atoms with Crippen molar-refractivity contribution in [3.63, 3.8) is 0 Å². The van der Waals surface area contributed by atoms with E-state index in [4.69, 9.17) is 5.11 Å². The highest BCUT2D eigenvalue weighted by atomic mass is 32.2. The monoisotopic (exact) mass is 310 g/mol. The van der Waals surface area contributed by atoms with E-state index in [2.05, 4.69) is 15.3 Å². The van der Waals surface area contributed by atoms with E-state index in [1.807, 2.05) is 6.92 Å². The molecule has 114 valence electrons. The van der Waals surface area contributed by atoms with Crippen molar-refractivity contribution in [3.05, 3.63) is 12.4 Å². The molecule has 0 amide bonds. The van der Waals surface area contributed by atoms with E-state index in [0.717, 1.165) is 12.4 Å². The summed E-state index contributed by atoms with van der Waals surface area (Å²) in [6.45, 7) is 0.426. The first kappa shape index (κ1) is 16.7. The third kappa shape index (κ3) is 4.32. The van der Waals surface area contributed by atoms with Gasteiger partial charge in [-0.05, 0) is 6.92 Å². The molecule has 2 N–H and O–H groups in total. The number of aliphatic hydroxyl groups is 1. The van der Waals surface area contributed by atoms with Gasteiger partial charge in [-0.2, -0.15) is 4.31 Å². The van der Waals surface area contributed by atoms with Gasteiger partial charge in [0.15, 0.2) is 0 Å². The van der Waals surface area contributed by atoms with Crippen LogP contribution in [0.15, 0.2) is 17.3 Å². The zero-order valence-corrected chi connectivity index (χ0v) is 11.6. The van der Waals surface area contributed by atoms with E-state index in [1.165, 1.54) is 0 Å². The summed E-state index contributed by atoms with van der Waals surface area (Å²) in [6.07, 6.45) is -0.759. The Morgan fingerprint density at radius 2 is 2.00 bits per heavy atom. The number of nitrogens with zero attached hydrogens (tertiary/aromatic N) is 3. The van der Waals surface area contributed by atoms with Gasteiger partial charge in [0.1, 0.15) is 4.90 Å². The maximum atomic E-state index is 12.4. The van der Waals surface area contributed by atoms with Crippen molar-refractivity contribution in [1.82, 2.24) is 14.3 Å². The molecule has 20 heavy (non-hydrogen) atoms. The van der Waals surface area contributed by atoms with Crippen molar-refractivity contribution in [2.45, 2.75) is 18.2 Å². The van der Waals surface area contributed by atoms with Crippen LogP contribution in [-0.2, 0) is 10.0 Å². The highest BCUT2D eigenvalue weighted by Gasteiger charge is 2.27. The van der Waals surface area contributed by atoms with Crippen LogP contribution in [0.3, 0.4) is 0 Å². The van der Waals surface area contributed by atoms with Crippen LogP contribution < -0.4 is 5.32 Å². The van der Waals surface area contributed by atoms with Crippen LogP contribution in [-0.4, -0.2) is 60.5 Å². The van der Waals surface area contributed by atoms with Crippen molar-refractivity contribution < 1.29 is 22.3 Å². The minimum absolute atomic E-state index is 0.244. The van der Waals surface area contributed by atoms with Crippen LogP contribution in [0.4, 0.5) is 14.7 Å². The minimum atomic E-state index is -4.15. The van der Waals surface area contributed by atoms with Gasteiger partial charge in [0.2, 0.25) is 16.0 Å². The SMILES string of the molecule is CCNc1ncc(S(=O)(=O)N(CCO)CC(F)F)cn1. The highest BCUT2D eigenvalue weighted by Crippen LogP contribution is 2.15. The first-order chi connectivity index (χ1) is 9.41. The molecule has 0 aliphatic heterocycles. The molecule has 7 nitrogen and oxygen atoms in total. The Bertz CT molecular complexity index is 510. The van der Waals surface area contributed by atoms with Crippen LogP contribution in [0.5, 0.6) is 0 Å². The van der Waals surface area contributed by atoms with Gasteiger partial charge in [0.05, 0.1) is 25.5 Å². The molecule has 1 aromatic rings. The molecule has 0 aliphatic rings. The van der Waals surface area contributed by atoms with Gasteiger partial charge in [-0.25, -0.2) is 27.2 Å². The molecule has 0 aromatic carbocycles. The standard InChI is InChI=1S/C10H16F2N4O3S/c1-2-13-10-14-5-8(6-15-10)20(18,19)16(3-4-17)7-9(11)12/h5-6,9,17H,2-4,7H2,1H3,(H,13,14,15). The number of anilines is 1. The quantitative estimate of drug-likeness (QED) is 0.710. The first-order valence-electron chi connectivity index (χ1n) is 5.87. The maximum absolute atomic E-state index is 12.4. The molecule has 1 aromatic heterocycles. The van der Waals surface area contributed by atoms with Gasteiger partial charge in [-0.3, -0.25) is 0 Å². The Balaban J connectivity index is 2.99. The minimum Gasteiger partial charge on any atom is -0.395 e. The summed E-state index contributed by atoms with van der Waals surface area (Å²) in [5.74, 6) is 0.244. The molecule has 1 heterocycles. The lowest BCUT2D eigenvalue weighted by Gasteiger charge is -2.20. The zero-order valence-electron chi connectivity index (χ0n) is 10.8. The summed E-state index contributed by atoms with van der Waals surface area (Å²) in [5.41, 5.74) is 0. The molecule has 0 atom stereocenters. The lowest BCUT2D eigenvalue weighted by atomic mass is 10.6. The summed E-state index contributed by atoms with van der Waals surface area (Å²) in [4.78, 5) is 7.26. The number of hydrogen-bond acceptors (Lipinski definition) is 6. The van der Waals surface area contributed by atoms with Crippen LogP contribution in [0, 0.1) is 0 Å². The van der Waals surface area contributed by atoms with Crippen LogP contribution in [0.25, 0.3) is 0 Å². The lowest BCUT2D eigenvalue weighted by molar-refractivity contribution is 0.113. The molecular weight excluding hydrogens is 294 g/mol. The fraction of sp³-hybridized carbons (Fsp3) is 0.600. The normalized spacial score (nSPS) is 12.1. The largest absolute Gasteiger partial charge is 0.395 e. The number of aliphatic hydroxyl groups excluding tert-OH is 1. The molecule has 0 radical (unpaired) electrons. The van der Waals surface area contributed by atoms with Crippen LogP contribution in [0.2, 0.25) is 0 Å². The third-order valence-electron chi connectivity index (χ3n) is 2.29. The van der Waals surface area contributed by atoms with E-state index in [0.29, 0.717) is 10.8 Å². The van der Waals surface area contributed by atoms with Gasteiger partial charge < -0.3 is 10.4 Å². The second kappa shape index (κ2) is 7.41. The summed E-state index contributed by atoms with van der Waals surface area (Å²) in [5, 5.41) is 11.6.